The van der Waals surface area contributed by atoms with Gasteiger partial charge in [-0.2, -0.15) is 0 Å². The van der Waals surface area contributed by atoms with E-state index in [2.05, 4.69) is 11.4 Å². The summed E-state index contributed by atoms with van der Waals surface area (Å²) in [6.07, 6.45) is 4.34. The van der Waals surface area contributed by atoms with Gasteiger partial charge in [0.2, 0.25) is 0 Å². The van der Waals surface area contributed by atoms with Crippen molar-refractivity contribution in [3.05, 3.63) is 72.2 Å². The number of hydrogen-bond donors (Lipinski definition) is 2. The molecule has 0 aliphatic rings. The lowest BCUT2D eigenvalue weighted by molar-refractivity contribution is 0.128. The molecule has 0 bridgehead atoms. The lowest BCUT2D eigenvalue weighted by Crippen LogP contribution is -2.32. The summed E-state index contributed by atoms with van der Waals surface area (Å²) in [5, 5.41) is 16.3. The van der Waals surface area contributed by atoms with Gasteiger partial charge in [-0.3, -0.25) is 0 Å². The number of furan rings is 2. The normalized spacial score (nSPS) is 14.2. The molecular formula is C21H21NO3. The maximum atomic E-state index is 10.9. The summed E-state index contributed by atoms with van der Waals surface area (Å²) in [4.78, 5) is 0. The quantitative estimate of drug-likeness (QED) is 0.547. The molecule has 4 aromatic rings. The van der Waals surface area contributed by atoms with Crippen molar-refractivity contribution in [2.75, 3.05) is 7.05 Å². The third-order valence-electron chi connectivity index (χ3n) is 4.87. The fraction of sp³-hybridized carbons (Fsp3) is 0.238. The Bertz CT molecular complexity index is 985. The van der Waals surface area contributed by atoms with Gasteiger partial charge in [0.1, 0.15) is 11.2 Å². The molecule has 0 fully saturated rings. The van der Waals surface area contributed by atoms with Crippen LogP contribution in [0.4, 0.5) is 0 Å². The van der Waals surface area contributed by atoms with Gasteiger partial charge in [-0.05, 0) is 37.6 Å². The Labute approximate surface area is 146 Å². The largest absolute Gasteiger partial charge is 0.464 e. The van der Waals surface area contributed by atoms with E-state index in [1.807, 2.05) is 49.5 Å². The van der Waals surface area contributed by atoms with Gasteiger partial charge < -0.3 is 19.3 Å². The summed E-state index contributed by atoms with van der Waals surface area (Å²) >= 11 is 0. The minimum Gasteiger partial charge on any atom is -0.464 e. The number of aliphatic hydroxyl groups excluding tert-OH is 1. The zero-order valence-corrected chi connectivity index (χ0v) is 14.1. The van der Waals surface area contributed by atoms with E-state index in [1.54, 1.807) is 12.5 Å². The van der Waals surface area contributed by atoms with Gasteiger partial charge in [0, 0.05) is 22.4 Å². The molecule has 4 heteroatoms. The number of hydrogen-bond acceptors (Lipinski definition) is 4. The molecule has 2 aromatic heterocycles. The van der Waals surface area contributed by atoms with Gasteiger partial charge in [-0.25, -0.2) is 0 Å². The average molecular weight is 335 g/mol. The van der Waals surface area contributed by atoms with Crippen molar-refractivity contribution in [2.45, 2.75) is 25.0 Å². The first kappa shape index (κ1) is 15.9. The van der Waals surface area contributed by atoms with Crippen molar-refractivity contribution in [2.24, 2.45) is 0 Å². The lowest BCUT2D eigenvalue weighted by atomic mass is 9.95. The van der Waals surface area contributed by atoms with Crippen molar-refractivity contribution < 1.29 is 13.9 Å². The summed E-state index contributed by atoms with van der Waals surface area (Å²) in [5.74, 6) is 0. The number of benzene rings is 2. The maximum absolute atomic E-state index is 10.9. The van der Waals surface area contributed by atoms with Crippen molar-refractivity contribution in [1.82, 2.24) is 5.32 Å². The van der Waals surface area contributed by atoms with Crippen LogP contribution in [-0.2, 0) is 6.42 Å². The number of aryl methyl sites for hydroxylation is 1. The zero-order valence-electron chi connectivity index (χ0n) is 14.1. The monoisotopic (exact) mass is 335 g/mol. The molecule has 0 aliphatic heterocycles. The molecule has 0 saturated carbocycles. The molecule has 128 valence electrons. The van der Waals surface area contributed by atoms with E-state index in [1.165, 1.54) is 0 Å². The number of para-hydroxylation sites is 2. The van der Waals surface area contributed by atoms with E-state index in [9.17, 15) is 5.11 Å². The highest BCUT2D eigenvalue weighted by Gasteiger charge is 2.22. The Balaban J connectivity index is 1.56. The number of nitrogens with one attached hydrogen (secondary N) is 1. The molecule has 0 saturated heterocycles. The number of likely N-dealkylation sites (N-methyl/N-ethyl adjacent to an activating group) is 1. The molecule has 0 radical (unpaired) electrons. The number of aliphatic hydroxyl groups is 1. The van der Waals surface area contributed by atoms with Gasteiger partial charge in [-0.15, -0.1) is 0 Å². The molecule has 2 N–H and O–H groups in total. The Kier molecular flexibility index (Phi) is 4.30. The van der Waals surface area contributed by atoms with E-state index in [-0.39, 0.29) is 6.04 Å². The minimum atomic E-state index is -0.643. The molecule has 25 heavy (non-hydrogen) atoms. The summed E-state index contributed by atoms with van der Waals surface area (Å²) in [6.45, 7) is 0. The van der Waals surface area contributed by atoms with Gasteiger partial charge in [0.15, 0.2) is 0 Å². The topological polar surface area (TPSA) is 58.5 Å². The first-order chi connectivity index (χ1) is 12.3. The Morgan fingerprint density at radius 2 is 1.60 bits per heavy atom. The minimum absolute atomic E-state index is 0.0825. The van der Waals surface area contributed by atoms with Crippen molar-refractivity contribution in [3.63, 3.8) is 0 Å². The predicted octanol–water partition coefficient (Wildman–Crippen LogP) is 4.43. The molecule has 0 spiro atoms. The van der Waals surface area contributed by atoms with E-state index < -0.39 is 6.10 Å². The van der Waals surface area contributed by atoms with Crippen LogP contribution in [0.2, 0.25) is 0 Å². The van der Waals surface area contributed by atoms with Crippen LogP contribution < -0.4 is 5.32 Å². The molecule has 0 aliphatic carbocycles. The molecule has 2 heterocycles. The first-order valence-electron chi connectivity index (χ1n) is 8.54. The van der Waals surface area contributed by atoms with E-state index in [0.717, 1.165) is 45.9 Å². The highest BCUT2D eigenvalue weighted by atomic mass is 16.3. The third-order valence-corrected chi connectivity index (χ3v) is 4.87. The summed E-state index contributed by atoms with van der Waals surface area (Å²) in [7, 11) is 1.88. The lowest BCUT2D eigenvalue weighted by Gasteiger charge is -2.23. The van der Waals surface area contributed by atoms with Crippen LogP contribution in [0.3, 0.4) is 0 Å². The standard InChI is InChI=1S/C21H21NO3/c1-22-18(9-8-14-4-2-5-15-10-12-24-20(14)15)19(23)17-7-3-6-16-11-13-25-21(16)17/h2-7,10-13,18-19,22-23H,8-9H2,1H3. The van der Waals surface area contributed by atoms with Crippen LogP contribution in [0.5, 0.6) is 0 Å². The van der Waals surface area contributed by atoms with E-state index in [0.29, 0.717) is 0 Å². The molecule has 2 atom stereocenters. The molecule has 2 aromatic carbocycles. The summed E-state index contributed by atoms with van der Waals surface area (Å²) in [5.41, 5.74) is 3.66. The van der Waals surface area contributed by atoms with Crippen LogP contribution in [0.15, 0.2) is 69.9 Å². The van der Waals surface area contributed by atoms with Crippen LogP contribution in [0.1, 0.15) is 23.7 Å². The highest BCUT2D eigenvalue weighted by Crippen LogP contribution is 2.29. The van der Waals surface area contributed by atoms with Crippen molar-refractivity contribution >= 4 is 21.9 Å². The van der Waals surface area contributed by atoms with Gasteiger partial charge in [-0.1, -0.05) is 36.4 Å². The second-order valence-electron chi connectivity index (χ2n) is 6.32. The Morgan fingerprint density at radius 3 is 2.36 bits per heavy atom. The number of fused-ring (bicyclic) bond motifs is 2. The van der Waals surface area contributed by atoms with Crippen LogP contribution in [0, 0.1) is 0 Å². The van der Waals surface area contributed by atoms with Gasteiger partial charge >= 0.3 is 0 Å². The third kappa shape index (κ3) is 2.95. The van der Waals surface area contributed by atoms with Crippen molar-refractivity contribution in [1.29, 1.82) is 0 Å². The second-order valence-corrected chi connectivity index (χ2v) is 6.32. The van der Waals surface area contributed by atoms with Crippen LogP contribution in [-0.4, -0.2) is 18.2 Å². The molecular weight excluding hydrogens is 314 g/mol. The predicted molar refractivity (Wildman–Crippen MR) is 98.6 cm³/mol. The van der Waals surface area contributed by atoms with E-state index in [4.69, 9.17) is 8.83 Å². The smallest absolute Gasteiger partial charge is 0.139 e. The van der Waals surface area contributed by atoms with Gasteiger partial charge in [0.25, 0.3) is 0 Å². The first-order valence-corrected chi connectivity index (χ1v) is 8.54. The molecule has 2 unspecified atom stereocenters. The Morgan fingerprint density at radius 1 is 0.920 bits per heavy atom. The average Bonchev–Trinajstić information content (AvgIpc) is 3.30. The molecule has 4 nitrogen and oxygen atoms in total. The summed E-state index contributed by atoms with van der Waals surface area (Å²) in [6, 6.07) is 15.8. The Hall–Kier alpha value is -2.56. The number of rotatable bonds is 6. The van der Waals surface area contributed by atoms with Crippen LogP contribution in [0.25, 0.3) is 21.9 Å². The maximum Gasteiger partial charge on any atom is 0.139 e. The molecule has 0 amide bonds. The van der Waals surface area contributed by atoms with E-state index >= 15 is 0 Å². The summed E-state index contributed by atoms with van der Waals surface area (Å²) < 4.78 is 11.2. The highest BCUT2D eigenvalue weighted by molar-refractivity contribution is 5.81. The second kappa shape index (κ2) is 6.75. The SMILES string of the molecule is CNC(CCc1cccc2ccoc12)C(O)c1cccc2ccoc12. The fourth-order valence-electron chi connectivity index (χ4n) is 3.49. The van der Waals surface area contributed by atoms with Crippen molar-refractivity contribution in [3.8, 4) is 0 Å². The molecule has 4 rings (SSSR count). The van der Waals surface area contributed by atoms with Gasteiger partial charge in [0.05, 0.1) is 18.6 Å². The van der Waals surface area contributed by atoms with Crippen LogP contribution >= 0.6 is 0 Å². The fourth-order valence-corrected chi connectivity index (χ4v) is 3.49. The zero-order chi connectivity index (χ0) is 17.2.